The van der Waals surface area contributed by atoms with Gasteiger partial charge in [0.1, 0.15) is 0 Å². The molecule has 0 aromatic carbocycles. The zero-order valence-electron chi connectivity index (χ0n) is 21.9. The highest BCUT2D eigenvalue weighted by molar-refractivity contribution is 5.73. The van der Waals surface area contributed by atoms with Gasteiger partial charge < -0.3 is 25.0 Å². The zero-order chi connectivity index (χ0) is 31.1. The van der Waals surface area contributed by atoms with Crippen LogP contribution in [0.4, 0.5) is 32.3 Å². The first kappa shape index (κ1) is 32.2. The highest BCUT2D eigenvalue weighted by Crippen LogP contribution is 2.32. The number of alkyl halides is 6. The SMILES string of the molecule is Cc1ncc2c(c1-c1noc(C3CCN(c4ncccn4)CC3)n1)CCNC2.O=C(O)C(F)(F)F.O=C(O)C(F)(F)F. The van der Waals surface area contributed by atoms with Crippen molar-refractivity contribution in [3.8, 4) is 11.4 Å². The molecule has 0 bridgehead atoms. The Kier molecular flexibility index (Phi) is 10.4. The molecule has 0 spiro atoms. The number of aryl methyl sites for hydroxylation is 1. The number of nitrogens with one attached hydrogen (secondary N) is 1. The summed E-state index contributed by atoms with van der Waals surface area (Å²) in [6.45, 7) is 5.61. The molecule has 0 unspecified atom stereocenters. The minimum Gasteiger partial charge on any atom is -0.475 e. The number of halogens is 6. The molecule has 0 saturated carbocycles. The van der Waals surface area contributed by atoms with E-state index in [9.17, 15) is 26.3 Å². The Hall–Kier alpha value is -4.35. The average Bonchev–Trinajstić information content (AvgIpc) is 3.43. The number of anilines is 1. The maximum absolute atomic E-state index is 10.6. The predicted octanol–water partition coefficient (Wildman–Crippen LogP) is 3.53. The second kappa shape index (κ2) is 13.5. The lowest BCUT2D eigenvalue weighted by atomic mass is 9.95. The highest BCUT2D eigenvalue weighted by atomic mass is 19.4. The molecule has 3 aromatic heterocycles. The third-order valence-corrected chi connectivity index (χ3v) is 6.16. The van der Waals surface area contributed by atoms with Crippen molar-refractivity contribution in [3.05, 3.63) is 47.4 Å². The topological polar surface area (TPSA) is 167 Å². The van der Waals surface area contributed by atoms with Gasteiger partial charge in [-0.3, -0.25) is 4.98 Å². The molecule has 18 heteroatoms. The maximum Gasteiger partial charge on any atom is 0.490 e. The van der Waals surface area contributed by atoms with Crippen LogP contribution in [0.3, 0.4) is 0 Å². The molecule has 1 saturated heterocycles. The minimum atomic E-state index is -5.08. The van der Waals surface area contributed by atoms with Crippen molar-refractivity contribution in [1.29, 1.82) is 0 Å². The summed E-state index contributed by atoms with van der Waals surface area (Å²) in [6.07, 6.45) is -1.77. The Balaban J connectivity index is 0.000000289. The van der Waals surface area contributed by atoms with E-state index in [2.05, 4.69) is 30.3 Å². The van der Waals surface area contributed by atoms with Gasteiger partial charge in [-0.05, 0) is 49.9 Å². The number of fused-ring (bicyclic) bond motifs is 1. The molecule has 5 heterocycles. The minimum absolute atomic E-state index is 0.274. The van der Waals surface area contributed by atoms with E-state index < -0.39 is 24.3 Å². The van der Waals surface area contributed by atoms with Crippen molar-refractivity contribution in [2.75, 3.05) is 24.5 Å². The number of aromatic nitrogens is 5. The molecule has 228 valence electrons. The van der Waals surface area contributed by atoms with Gasteiger partial charge in [0.25, 0.3) is 0 Å². The third-order valence-electron chi connectivity index (χ3n) is 6.16. The molecule has 0 aliphatic carbocycles. The second-order valence-electron chi connectivity index (χ2n) is 9.02. The van der Waals surface area contributed by atoms with Crippen LogP contribution in [-0.4, -0.2) is 79.2 Å². The van der Waals surface area contributed by atoms with Crippen LogP contribution in [0.1, 0.15) is 41.5 Å². The van der Waals surface area contributed by atoms with E-state index in [4.69, 9.17) is 29.3 Å². The summed E-state index contributed by atoms with van der Waals surface area (Å²) in [5, 5.41) is 22.0. The number of hydrogen-bond donors (Lipinski definition) is 3. The van der Waals surface area contributed by atoms with Gasteiger partial charge in [-0.25, -0.2) is 19.6 Å². The first-order valence-corrected chi connectivity index (χ1v) is 12.3. The van der Waals surface area contributed by atoms with Gasteiger partial charge in [-0.2, -0.15) is 31.3 Å². The van der Waals surface area contributed by atoms with Gasteiger partial charge in [-0.1, -0.05) is 5.16 Å². The first-order chi connectivity index (χ1) is 19.7. The van der Waals surface area contributed by atoms with E-state index in [-0.39, 0.29) is 5.92 Å². The first-order valence-electron chi connectivity index (χ1n) is 12.3. The van der Waals surface area contributed by atoms with Gasteiger partial charge in [0.15, 0.2) is 0 Å². The molecule has 1 fully saturated rings. The fourth-order valence-electron chi connectivity index (χ4n) is 4.15. The predicted molar refractivity (Wildman–Crippen MR) is 131 cm³/mol. The van der Waals surface area contributed by atoms with Crippen molar-refractivity contribution in [2.24, 2.45) is 0 Å². The van der Waals surface area contributed by atoms with Crippen LogP contribution in [0.2, 0.25) is 0 Å². The normalized spacial score (nSPS) is 15.5. The van der Waals surface area contributed by atoms with Crippen LogP contribution in [0.25, 0.3) is 11.4 Å². The molecule has 3 N–H and O–H groups in total. The lowest BCUT2D eigenvalue weighted by Gasteiger charge is -2.30. The van der Waals surface area contributed by atoms with Crippen LogP contribution < -0.4 is 10.2 Å². The van der Waals surface area contributed by atoms with E-state index >= 15 is 0 Å². The lowest BCUT2D eigenvalue weighted by molar-refractivity contribution is -0.193. The molecule has 2 aliphatic heterocycles. The van der Waals surface area contributed by atoms with E-state index in [0.29, 0.717) is 5.82 Å². The standard InChI is InChI=1S/C20H23N7O.2C2HF3O2/c1-13-17(16-3-8-21-11-15(16)12-24-13)18-25-19(28-26-18)14-4-9-27(10-5-14)20-22-6-2-7-23-20;2*3-2(4,5)1(6)7/h2,6-7,12,14,21H,3-5,8-11H2,1H3;2*(H,6,7). The van der Waals surface area contributed by atoms with Gasteiger partial charge in [0.2, 0.25) is 17.7 Å². The summed E-state index contributed by atoms with van der Waals surface area (Å²) >= 11 is 0. The van der Waals surface area contributed by atoms with Crippen LogP contribution in [0.5, 0.6) is 0 Å². The molecule has 42 heavy (non-hydrogen) atoms. The summed E-state index contributed by atoms with van der Waals surface area (Å²) in [6, 6.07) is 1.84. The van der Waals surface area contributed by atoms with E-state index in [1.807, 2.05) is 19.2 Å². The Labute approximate surface area is 233 Å². The number of rotatable bonds is 3. The highest BCUT2D eigenvalue weighted by Gasteiger charge is 2.39. The Morgan fingerprint density at radius 2 is 1.57 bits per heavy atom. The van der Waals surface area contributed by atoms with Gasteiger partial charge in [-0.15, -0.1) is 0 Å². The molecule has 2 aliphatic rings. The third kappa shape index (κ3) is 8.58. The van der Waals surface area contributed by atoms with Gasteiger partial charge in [0.05, 0.1) is 0 Å². The summed E-state index contributed by atoms with van der Waals surface area (Å²) in [5.41, 5.74) is 4.54. The largest absolute Gasteiger partial charge is 0.490 e. The van der Waals surface area contributed by atoms with Crippen molar-refractivity contribution >= 4 is 17.9 Å². The van der Waals surface area contributed by atoms with E-state index in [1.54, 1.807) is 12.4 Å². The Morgan fingerprint density at radius 3 is 2.12 bits per heavy atom. The number of carboxylic acid groups (broad SMARTS) is 2. The summed E-state index contributed by atoms with van der Waals surface area (Å²) in [5.74, 6) is -3.05. The van der Waals surface area contributed by atoms with Crippen LogP contribution in [0.15, 0.2) is 29.2 Å². The second-order valence-corrected chi connectivity index (χ2v) is 9.02. The van der Waals surface area contributed by atoms with Crippen molar-refractivity contribution < 1.29 is 50.7 Å². The van der Waals surface area contributed by atoms with Crippen molar-refractivity contribution in [2.45, 2.75) is 51.0 Å². The molecule has 5 rings (SSSR count). The van der Waals surface area contributed by atoms with E-state index in [1.165, 1.54) is 11.1 Å². The molecule has 0 atom stereocenters. The fourth-order valence-corrected chi connectivity index (χ4v) is 4.15. The molecule has 0 amide bonds. The van der Waals surface area contributed by atoms with Crippen LogP contribution in [0, 0.1) is 6.92 Å². The maximum atomic E-state index is 10.6. The Bertz CT molecular complexity index is 1340. The van der Waals surface area contributed by atoms with Crippen LogP contribution in [-0.2, 0) is 22.6 Å². The van der Waals surface area contributed by atoms with Crippen molar-refractivity contribution in [1.82, 2.24) is 30.4 Å². The van der Waals surface area contributed by atoms with E-state index in [0.717, 1.165) is 68.5 Å². The number of hydrogen-bond acceptors (Lipinski definition) is 10. The van der Waals surface area contributed by atoms with Crippen LogP contribution >= 0.6 is 0 Å². The van der Waals surface area contributed by atoms with Gasteiger partial charge in [0, 0.05) is 55.4 Å². The lowest BCUT2D eigenvalue weighted by Crippen LogP contribution is -2.34. The number of carbonyl (C=O) groups is 2. The fraction of sp³-hybridized carbons (Fsp3) is 0.458. The number of carboxylic acids is 2. The summed E-state index contributed by atoms with van der Waals surface area (Å²) in [7, 11) is 0. The quantitative estimate of drug-likeness (QED) is 0.372. The Morgan fingerprint density at radius 1 is 1.00 bits per heavy atom. The smallest absolute Gasteiger partial charge is 0.475 e. The summed E-state index contributed by atoms with van der Waals surface area (Å²) in [4.78, 5) is 38.0. The van der Waals surface area contributed by atoms with Gasteiger partial charge >= 0.3 is 24.3 Å². The molecule has 3 aromatic rings. The molecular weight excluding hydrogens is 580 g/mol. The summed E-state index contributed by atoms with van der Waals surface area (Å²) < 4.78 is 69.2. The van der Waals surface area contributed by atoms with Crippen molar-refractivity contribution in [3.63, 3.8) is 0 Å². The molecule has 12 nitrogen and oxygen atoms in total. The number of piperidine rings is 1. The average molecular weight is 605 g/mol. The number of nitrogens with zero attached hydrogens (tertiary/aromatic N) is 6. The molecular formula is C24H25F6N7O5. The number of aliphatic carboxylic acids is 2. The zero-order valence-corrected chi connectivity index (χ0v) is 21.9. The number of pyridine rings is 1. The monoisotopic (exact) mass is 605 g/mol. The molecule has 0 radical (unpaired) electrons.